The van der Waals surface area contributed by atoms with Crippen molar-refractivity contribution in [2.75, 3.05) is 6.61 Å². The molecule has 1 N–H and O–H groups in total. The Bertz CT molecular complexity index is 1100. The summed E-state index contributed by atoms with van der Waals surface area (Å²) in [6, 6.07) is 14.0. The minimum absolute atomic E-state index is 0.166. The van der Waals surface area contributed by atoms with Crippen molar-refractivity contribution >= 4 is 5.97 Å². The second-order valence-corrected chi connectivity index (χ2v) is 10.5. The molecule has 3 rings (SSSR count). The molecular weight excluding hydrogens is 450 g/mol. The van der Waals surface area contributed by atoms with E-state index in [-0.39, 0.29) is 17.1 Å². The van der Waals surface area contributed by atoms with Gasteiger partial charge in [0.15, 0.2) is 0 Å². The van der Waals surface area contributed by atoms with Crippen LogP contribution in [0.2, 0.25) is 0 Å². The Morgan fingerprint density at radius 2 is 1.72 bits per heavy atom. The molecule has 0 fully saturated rings. The molecule has 3 aromatic rings. The van der Waals surface area contributed by atoms with Gasteiger partial charge in [-0.25, -0.2) is 0 Å². The Kier molecular flexibility index (Phi) is 10.1. The standard InChI is InChI=1S/C30H41N3O3/c1-5-6-7-8-9-13-18-36-28(34)17-16-24-20-26(30(2,3)4)29(35)27(21-24)33-31-22-25(32-33)19-23-14-11-10-12-15-23/h10-12,14-15,20-22,35H,5-9,13,16-19H2,1-4H3. The van der Waals surface area contributed by atoms with Gasteiger partial charge in [-0.05, 0) is 35.4 Å². The topological polar surface area (TPSA) is 77.2 Å². The number of nitrogens with zero attached hydrogens (tertiary/aromatic N) is 3. The van der Waals surface area contributed by atoms with Crippen molar-refractivity contribution in [3.8, 4) is 11.4 Å². The summed E-state index contributed by atoms with van der Waals surface area (Å²) >= 11 is 0. The van der Waals surface area contributed by atoms with Gasteiger partial charge in [0, 0.05) is 18.4 Å². The van der Waals surface area contributed by atoms with Crippen molar-refractivity contribution in [3.05, 3.63) is 71.0 Å². The Labute approximate surface area is 215 Å². The molecule has 0 radical (unpaired) electrons. The SMILES string of the molecule is CCCCCCCCOC(=O)CCc1cc(-n2ncc(Cc3ccccc3)n2)c(O)c(C(C)(C)C)c1. The largest absolute Gasteiger partial charge is 0.505 e. The predicted molar refractivity (Wildman–Crippen MR) is 144 cm³/mol. The second kappa shape index (κ2) is 13.2. The minimum atomic E-state index is -0.285. The molecule has 0 bridgehead atoms. The van der Waals surface area contributed by atoms with Crippen LogP contribution in [0.4, 0.5) is 0 Å². The van der Waals surface area contributed by atoms with Gasteiger partial charge >= 0.3 is 5.97 Å². The minimum Gasteiger partial charge on any atom is -0.505 e. The zero-order valence-corrected chi connectivity index (χ0v) is 22.3. The fourth-order valence-corrected chi connectivity index (χ4v) is 4.23. The molecule has 0 spiro atoms. The van der Waals surface area contributed by atoms with Crippen molar-refractivity contribution in [2.45, 2.75) is 90.9 Å². The van der Waals surface area contributed by atoms with Crippen molar-refractivity contribution in [3.63, 3.8) is 0 Å². The van der Waals surface area contributed by atoms with E-state index in [1.54, 1.807) is 6.20 Å². The summed E-state index contributed by atoms with van der Waals surface area (Å²) in [5.74, 6) is -0.0170. The van der Waals surface area contributed by atoms with Crippen molar-refractivity contribution in [2.24, 2.45) is 0 Å². The molecule has 0 saturated heterocycles. The molecule has 0 aliphatic rings. The van der Waals surface area contributed by atoms with Crippen LogP contribution in [0.3, 0.4) is 0 Å². The lowest BCUT2D eigenvalue weighted by atomic mass is 9.84. The first-order chi connectivity index (χ1) is 17.3. The van der Waals surface area contributed by atoms with Crippen molar-refractivity contribution in [1.29, 1.82) is 0 Å². The lowest BCUT2D eigenvalue weighted by molar-refractivity contribution is -0.143. The van der Waals surface area contributed by atoms with Gasteiger partial charge in [0.25, 0.3) is 0 Å². The van der Waals surface area contributed by atoms with Gasteiger partial charge in [0.05, 0.1) is 18.5 Å². The molecule has 0 aliphatic heterocycles. The third-order valence-corrected chi connectivity index (χ3v) is 6.32. The first kappa shape index (κ1) is 27.4. The fourth-order valence-electron chi connectivity index (χ4n) is 4.23. The van der Waals surface area contributed by atoms with E-state index in [0.717, 1.165) is 35.2 Å². The number of hydrogen-bond acceptors (Lipinski definition) is 5. The van der Waals surface area contributed by atoms with Crippen LogP contribution in [0.5, 0.6) is 5.75 Å². The van der Waals surface area contributed by atoms with Crippen LogP contribution in [-0.4, -0.2) is 32.7 Å². The highest BCUT2D eigenvalue weighted by atomic mass is 16.5. The number of aryl methyl sites for hydroxylation is 1. The van der Waals surface area contributed by atoms with Crippen LogP contribution >= 0.6 is 0 Å². The van der Waals surface area contributed by atoms with Crippen LogP contribution in [0, 0.1) is 0 Å². The molecule has 36 heavy (non-hydrogen) atoms. The monoisotopic (exact) mass is 491 g/mol. The lowest BCUT2D eigenvalue weighted by Gasteiger charge is -2.23. The molecule has 6 nitrogen and oxygen atoms in total. The maximum atomic E-state index is 12.3. The van der Waals surface area contributed by atoms with E-state index in [0.29, 0.717) is 31.6 Å². The Hall–Kier alpha value is -3.15. The molecular formula is C30H41N3O3. The maximum Gasteiger partial charge on any atom is 0.306 e. The van der Waals surface area contributed by atoms with E-state index < -0.39 is 0 Å². The van der Waals surface area contributed by atoms with Gasteiger partial charge in [-0.15, -0.1) is 4.80 Å². The van der Waals surface area contributed by atoms with E-state index in [1.165, 1.54) is 30.5 Å². The fraction of sp³-hybridized carbons (Fsp3) is 0.500. The molecule has 6 heteroatoms. The van der Waals surface area contributed by atoms with E-state index >= 15 is 0 Å². The number of esters is 1. The third-order valence-electron chi connectivity index (χ3n) is 6.32. The smallest absolute Gasteiger partial charge is 0.306 e. The number of ether oxygens (including phenoxy) is 1. The van der Waals surface area contributed by atoms with Crippen LogP contribution in [0.1, 0.15) is 95.0 Å². The van der Waals surface area contributed by atoms with Crippen molar-refractivity contribution < 1.29 is 14.6 Å². The molecule has 1 aromatic heterocycles. The number of hydrogen-bond donors (Lipinski definition) is 1. The summed E-state index contributed by atoms with van der Waals surface area (Å²) in [4.78, 5) is 13.8. The van der Waals surface area contributed by atoms with Crippen molar-refractivity contribution in [1.82, 2.24) is 15.0 Å². The number of phenols is 1. The molecule has 1 heterocycles. The highest BCUT2D eigenvalue weighted by Crippen LogP contribution is 2.36. The molecule has 0 aliphatic carbocycles. The van der Waals surface area contributed by atoms with E-state index in [1.807, 2.05) is 30.3 Å². The number of phenolic OH excluding ortho intramolecular Hbond substituents is 1. The van der Waals surface area contributed by atoms with Crippen LogP contribution in [-0.2, 0) is 27.8 Å². The normalized spacial score (nSPS) is 11.6. The van der Waals surface area contributed by atoms with Gasteiger partial charge in [-0.2, -0.15) is 10.2 Å². The first-order valence-corrected chi connectivity index (χ1v) is 13.3. The summed E-state index contributed by atoms with van der Waals surface area (Å²) in [5.41, 5.74) is 3.97. The average Bonchev–Trinajstić information content (AvgIpc) is 3.31. The number of carbonyl (C=O) groups is 1. The number of aromatic hydroxyl groups is 1. The predicted octanol–water partition coefficient (Wildman–Crippen LogP) is 6.70. The molecule has 0 unspecified atom stereocenters. The highest BCUT2D eigenvalue weighted by molar-refractivity contribution is 5.70. The lowest BCUT2D eigenvalue weighted by Crippen LogP contribution is -2.14. The first-order valence-electron chi connectivity index (χ1n) is 13.3. The highest BCUT2D eigenvalue weighted by Gasteiger charge is 2.23. The third kappa shape index (κ3) is 8.21. The van der Waals surface area contributed by atoms with Crippen LogP contribution in [0.25, 0.3) is 5.69 Å². The Morgan fingerprint density at radius 1 is 1.00 bits per heavy atom. The summed E-state index contributed by atoms with van der Waals surface area (Å²) in [6.45, 7) is 8.86. The molecule has 0 saturated carbocycles. The number of rotatable bonds is 13. The van der Waals surface area contributed by atoms with Crippen LogP contribution < -0.4 is 0 Å². The maximum absolute atomic E-state index is 12.3. The summed E-state index contributed by atoms with van der Waals surface area (Å²) in [5, 5.41) is 20.2. The summed E-state index contributed by atoms with van der Waals surface area (Å²) < 4.78 is 5.45. The van der Waals surface area contributed by atoms with Gasteiger partial charge in [0.2, 0.25) is 0 Å². The van der Waals surface area contributed by atoms with Gasteiger partial charge in [-0.1, -0.05) is 96.2 Å². The quantitative estimate of drug-likeness (QED) is 0.213. The molecule has 2 aromatic carbocycles. The second-order valence-electron chi connectivity index (χ2n) is 10.5. The number of benzene rings is 2. The number of unbranched alkanes of at least 4 members (excludes halogenated alkanes) is 5. The number of carbonyl (C=O) groups excluding carboxylic acids is 1. The van der Waals surface area contributed by atoms with E-state index in [2.05, 4.69) is 50.0 Å². The Morgan fingerprint density at radius 3 is 2.44 bits per heavy atom. The zero-order chi connectivity index (χ0) is 26.0. The number of aromatic nitrogens is 3. The van der Waals surface area contributed by atoms with Crippen LogP contribution in [0.15, 0.2) is 48.7 Å². The zero-order valence-electron chi connectivity index (χ0n) is 22.3. The van der Waals surface area contributed by atoms with E-state index in [4.69, 9.17) is 4.74 Å². The Balaban J connectivity index is 1.67. The molecule has 0 amide bonds. The summed E-state index contributed by atoms with van der Waals surface area (Å²) in [6.07, 6.45) is 10.2. The average molecular weight is 492 g/mol. The van der Waals surface area contributed by atoms with Gasteiger partial charge < -0.3 is 9.84 Å². The van der Waals surface area contributed by atoms with E-state index in [9.17, 15) is 9.90 Å². The van der Waals surface area contributed by atoms with Gasteiger partial charge in [-0.3, -0.25) is 4.79 Å². The summed E-state index contributed by atoms with van der Waals surface area (Å²) in [7, 11) is 0. The van der Waals surface area contributed by atoms with Gasteiger partial charge in [0.1, 0.15) is 11.4 Å². The molecule has 0 atom stereocenters. The molecule has 194 valence electrons.